The third-order valence-electron chi connectivity index (χ3n) is 6.77. The van der Waals surface area contributed by atoms with Crippen molar-refractivity contribution in [1.29, 1.82) is 0 Å². The molecule has 2 heterocycles. The van der Waals surface area contributed by atoms with Gasteiger partial charge < -0.3 is 10.2 Å². The van der Waals surface area contributed by atoms with Crippen molar-refractivity contribution in [3.63, 3.8) is 0 Å². The summed E-state index contributed by atoms with van der Waals surface area (Å²) in [6.07, 6.45) is 0.870. The van der Waals surface area contributed by atoms with Crippen molar-refractivity contribution in [3.05, 3.63) is 64.7 Å². The monoisotopic (exact) mass is 516 g/mol. The lowest BCUT2D eigenvalue weighted by atomic mass is 9.89. The van der Waals surface area contributed by atoms with E-state index in [1.165, 1.54) is 21.3 Å². The van der Waals surface area contributed by atoms with Gasteiger partial charge in [-0.15, -0.1) is 0 Å². The van der Waals surface area contributed by atoms with Gasteiger partial charge in [-0.1, -0.05) is 6.07 Å². The van der Waals surface area contributed by atoms with Crippen molar-refractivity contribution >= 4 is 27.7 Å². The van der Waals surface area contributed by atoms with Gasteiger partial charge in [-0.3, -0.25) is 19.5 Å². The predicted molar refractivity (Wildman–Crippen MR) is 133 cm³/mol. The second-order valence-corrected chi connectivity index (χ2v) is 11.4. The molecule has 0 radical (unpaired) electrons. The van der Waals surface area contributed by atoms with Crippen LogP contribution in [-0.2, 0) is 21.2 Å². The second kappa shape index (κ2) is 9.98. The van der Waals surface area contributed by atoms with Gasteiger partial charge in [0.05, 0.1) is 5.75 Å². The van der Waals surface area contributed by atoms with E-state index in [2.05, 4.69) is 15.3 Å². The van der Waals surface area contributed by atoms with Crippen molar-refractivity contribution < 1.29 is 27.5 Å². The van der Waals surface area contributed by atoms with Crippen LogP contribution in [0.15, 0.2) is 47.5 Å². The van der Waals surface area contributed by atoms with Crippen LogP contribution in [0.25, 0.3) is 0 Å². The summed E-state index contributed by atoms with van der Waals surface area (Å²) in [7, 11) is -0.180. The number of nitrogens with zero attached hydrogens (tertiary/aromatic N) is 3. The average molecular weight is 517 g/mol. The largest absolute Gasteiger partial charge is 0.345 e. The minimum atomic E-state index is -3.55. The van der Waals surface area contributed by atoms with E-state index in [1.54, 1.807) is 44.4 Å². The Morgan fingerprint density at radius 1 is 1.17 bits per heavy atom. The zero-order chi connectivity index (χ0) is 26.1. The highest BCUT2D eigenvalue weighted by atomic mass is 32.2. The van der Waals surface area contributed by atoms with Gasteiger partial charge in [0.1, 0.15) is 11.4 Å². The molecule has 0 unspecified atom stereocenters. The second-order valence-electron chi connectivity index (χ2n) is 9.35. The smallest absolute Gasteiger partial charge is 0.253 e. The summed E-state index contributed by atoms with van der Waals surface area (Å²) in [6, 6.07) is 11.3. The summed E-state index contributed by atoms with van der Waals surface area (Å²) in [6.45, 7) is 2.25. The molecule has 0 saturated carbocycles. The number of rotatable bonds is 7. The molecule has 9 nitrogen and oxygen atoms in total. The predicted octanol–water partition coefficient (Wildman–Crippen LogP) is 2.24. The maximum Gasteiger partial charge on any atom is 0.253 e. The zero-order valence-corrected chi connectivity index (χ0v) is 21.3. The van der Waals surface area contributed by atoms with Gasteiger partial charge in [-0.05, 0) is 73.7 Å². The number of nitrogens with one attached hydrogen (secondary N) is 1. The van der Waals surface area contributed by atoms with Crippen molar-refractivity contribution in [1.82, 2.24) is 14.5 Å². The van der Waals surface area contributed by atoms with Crippen molar-refractivity contribution in [3.8, 4) is 5.75 Å². The molecule has 2 aliphatic heterocycles. The fourth-order valence-electron chi connectivity index (χ4n) is 4.53. The van der Waals surface area contributed by atoms with Crippen molar-refractivity contribution in [2.75, 3.05) is 32.9 Å². The Kier molecular flexibility index (Phi) is 7.14. The number of amides is 2. The molecule has 0 atom stereocenters. The van der Waals surface area contributed by atoms with Crippen LogP contribution in [0.5, 0.6) is 5.75 Å². The van der Waals surface area contributed by atoms with Crippen LogP contribution >= 0.6 is 0 Å². The van der Waals surface area contributed by atoms with Crippen LogP contribution in [0.3, 0.4) is 0 Å². The highest BCUT2D eigenvalue weighted by Gasteiger charge is 2.47. The molecular weight excluding hydrogens is 487 g/mol. The normalized spacial score (nSPS) is 17.6. The molecule has 36 heavy (non-hydrogen) atoms. The third-order valence-corrected chi connectivity index (χ3v) is 8.64. The van der Waals surface area contributed by atoms with E-state index in [9.17, 15) is 22.5 Å². The Morgan fingerprint density at radius 3 is 2.42 bits per heavy atom. The van der Waals surface area contributed by atoms with E-state index in [-0.39, 0.29) is 49.2 Å². The molecule has 1 spiro atoms. The van der Waals surface area contributed by atoms with E-state index < -0.39 is 15.6 Å². The molecule has 4 rings (SSSR count). The summed E-state index contributed by atoms with van der Waals surface area (Å²) in [4.78, 5) is 34.7. The summed E-state index contributed by atoms with van der Waals surface area (Å²) >= 11 is 0. The van der Waals surface area contributed by atoms with Gasteiger partial charge >= 0.3 is 0 Å². The van der Waals surface area contributed by atoms with Gasteiger partial charge in [0.15, 0.2) is 5.75 Å². The fourth-order valence-corrected chi connectivity index (χ4v) is 6.00. The Labute approximate surface area is 209 Å². The SMILES string of the molecule is Cc1cc(C(=O)N(C)C)ccc1CCS(=O)(=O)N1CCC2(CC1)N=C(c1ccc(OF)cc1)NC2=O. The summed E-state index contributed by atoms with van der Waals surface area (Å²) in [5.74, 6) is -0.000170. The molecule has 2 amide bonds. The number of sulfonamides is 1. The van der Waals surface area contributed by atoms with E-state index in [4.69, 9.17) is 0 Å². The molecule has 0 aromatic heterocycles. The fraction of sp³-hybridized carbons (Fsp3) is 0.400. The van der Waals surface area contributed by atoms with Gasteiger partial charge in [-0.25, -0.2) is 12.7 Å². The zero-order valence-electron chi connectivity index (χ0n) is 20.5. The summed E-state index contributed by atoms with van der Waals surface area (Å²) < 4.78 is 39.8. The molecule has 1 fully saturated rings. The molecule has 192 valence electrons. The van der Waals surface area contributed by atoms with Crippen molar-refractivity contribution in [2.45, 2.75) is 31.7 Å². The number of amidine groups is 1. The van der Waals surface area contributed by atoms with Crippen LogP contribution in [0.2, 0.25) is 0 Å². The van der Waals surface area contributed by atoms with Crippen LogP contribution < -0.4 is 10.3 Å². The average Bonchev–Trinajstić information content (AvgIpc) is 3.18. The van der Waals surface area contributed by atoms with E-state index in [1.807, 2.05) is 6.92 Å². The van der Waals surface area contributed by atoms with Gasteiger partial charge in [0.25, 0.3) is 11.8 Å². The number of halogens is 1. The molecule has 11 heteroatoms. The first-order chi connectivity index (χ1) is 17.0. The number of carbonyl (C=O) groups is 2. The molecule has 1 saturated heterocycles. The van der Waals surface area contributed by atoms with Crippen molar-refractivity contribution in [2.24, 2.45) is 4.99 Å². The summed E-state index contributed by atoms with van der Waals surface area (Å²) in [5.41, 5.74) is 1.90. The number of piperidine rings is 1. The minimum Gasteiger partial charge on any atom is -0.345 e. The molecule has 0 bridgehead atoms. The lowest BCUT2D eigenvalue weighted by Crippen LogP contribution is -2.50. The highest BCUT2D eigenvalue weighted by Crippen LogP contribution is 2.32. The Hall–Kier alpha value is -3.31. The number of aliphatic imine (C=N–C) groups is 1. The summed E-state index contributed by atoms with van der Waals surface area (Å²) in [5, 5.41) is 2.78. The van der Waals surface area contributed by atoms with E-state index >= 15 is 0 Å². The van der Waals surface area contributed by atoms with Crippen LogP contribution in [-0.4, -0.2) is 73.7 Å². The molecule has 2 aliphatic rings. The van der Waals surface area contributed by atoms with Gasteiger partial charge in [-0.2, -0.15) is 0 Å². The van der Waals surface area contributed by atoms with Gasteiger partial charge in [0.2, 0.25) is 10.0 Å². The number of hydrogen-bond donors (Lipinski definition) is 1. The lowest BCUT2D eigenvalue weighted by Gasteiger charge is -2.34. The van der Waals surface area contributed by atoms with Crippen LogP contribution in [0.4, 0.5) is 4.53 Å². The minimum absolute atomic E-state index is 0.0464. The topological polar surface area (TPSA) is 108 Å². The number of hydrogen-bond acceptors (Lipinski definition) is 6. The molecule has 2 aromatic rings. The maximum atomic E-state index is 13.1. The quantitative estimate of drug-likeness (QED) is 0.607. The standard InChI is InChI=1S/C25H29FN4O5S/c1-17-16-20(23(31)29(2)3)5-4-18(17)10-15-36(33,34)30-13-11-25(12-14-30)24(32)27-22(28-25)19-6-8-21(35-26)9-7-19/h4-9,16H,10-15H2,1-3H3,(H,27,28,32). The third kappa shape index (κ3) is 5.12. The van der Waals surface area contributed by atoms with Crippen LogP contribution in [0, 0.1) is 6.92 Å². The molecular formula is C25H29FN4O5S. The lowest BCUT2D eigenvalue weighted by molar-refractivity contribution is -0.124. The number of benzene rings is 2. The van der Waals surface area contributed by atoms with Crippen LogP contribution in [0.1, 0.15) is 39.9 Å². The van der Waals surface area contributed by atoms with Gasteiger partial charge in [0, 0.05) is 42.8 Å². The number of carbonyl (C=O) groups excluding carboxylic acids is 2. The first-order valence-electron chi connectivity index (χ1n) is 11.6. The Balaban J connectivity index is 1.39. The molecule has 2 aromatic carbocycles. The highest BCUT2D eigenvalue weighted by molar-refractivity contribution is 7.89. The van der Waals surface area contributed by atoms with E-state index in [0.29, 0.717) is 23.4 Å². The molecule has 0 aliphatic carbocycles. The molecule has 1 N–H and O–H groups in total. The first-order valence-corrected chi connectivity index (χ1v) is 13.2. The first kappa shape index (κ1) is 25.8. The number of aryl methyl sites for hydroxylation is 2. The Bertz CT molecular complexity index is 1300. The maximum absolute atomic E-state index is 13.1. The Morgan fingerprint density at radius 2 is 1.83 bits per heavy atom. The van der Waals surface area contributed by atoms with E-state index in [0.717, 1.165) is 11.1 Å².